The molecular weight excluding hydrogens is 480 g/mol. The van der Waals surface area contributed by atoms with Crippen LogP contribution < -0.4 is 5.32 Å². The average molecular weight is 519 g/mol. The maximum atomic E-state index is 10.1. The van der Waals surface area contributed by atoms with Crippen LogP contribution in [0.5, 0.6) is 0 Å². The Bertz CT molecular complexity index is 1500. The van der Waals surface area contributed by atoms with Crippen molar-refractivity contribution in [1.82, 2.24) is 29.8 Å². The number of aryl methyl sites for hydroxylation is 2. The van der Waals surface area contributed by atoms with Gasteiger partial charge >= 0.3 is 0 Å². The lowest BCUT2D eigenvalue weighted by atomic mass is 9.82. The first-order valence-electron chi connectivity index (χ1n) is 13.9. The second kappa shape index (κ2) is 8.63. The lowest BCUT2D eigenvalue weighted by molar-refractivity contribution is 0.0182. The van der Waals surface area contributed by atoms with E-state index in [-0.39, 0.29) is 6.23 Å². The maximum absolute atomic E-state index is 10.1. The molecule has 1 aliphatic heterocycles. The molecule has 1 saturated heterocycles. The molecule has 5 heterocycles. The summed E-state index contributed by atoms with van der Waals surface area (Å²) in [6.07, 6.45) is 7.34. The Morgan fingerprint density at radius 1 is 1.08 bits per heavy atom. The number of aliphatic hydroxyl groups is 1. The van der Waals surface area contributed by atoms with Gasteiger partial charge in [0, 0.05) is 47.7 Å². The molecule has 5 unspecified atom stereocenters. The molecule has 0 aromatic carbocycles. The third-order valence-corrected chi connectivity index (χ3v) is 11.1. The minimum Gasteiger partial charge on any atom is -0.377 e. The van der Waals surface area contributed by atoms with Gasteiger partial charge in [0.1, 0.15) is 17.4 Å². The van der Waals surface area contributed by atoms with Gasteiger partial charge in [-0.05, 0) is 86.0 Å². The number of aromatic amines is 1. The average Bonchev–Trinajstić information content (AvgIpc) is 3.68. The first kappa shape index (κ1) is 23.8. The number of aliphatic hydroxyl groups excluding tert-OH is 1. The van der Waals surface area contributed by atoms with E-state index in [0.717, 1.165) is 37.1 Å². The second-order valence-corrected chi connectivity index (χ2v) is 13.1. The molecule has 7 rings (SSSR count). The third-order valence-electron chi connectivity index (χ3n) is 9.75. The van der Waals surface area contributed by atoms with Crippen molar-refractivity contribution in [2.24, 2.45) is 11.8 Å². The normalized spacial score (nSPS) is 28.5. The van der Waals surface area contributed by atoms with Crippen LogP contribution in [-0.4, -0.2) is 61.5 Å². The Morgan fingerprint density at radius 3 is 2.65 bits per heavy atom. The van der Waals surface area contributed by atoms with Crippen molar-refractivity contribution >= 4 is 27.2 Å². The molecule has 4 aromatic rings. The van der Waals surface area contributed by atoms with Gasteiger partial charge in [0.15, 0.2) is 5.65 Å². The summed E-state index contributed by atoms with van der Waals surface area (Å²) in [5.41, 5.74) is 8.80. The predicted molar refractivity (Wildman–Crippen MR) is 149 cm³/mol. The highest BCUT2D eigenvalue weighted by Gasteiger charge is 2.49. The van der Waals surface area contributed by atoms with Gasteiger partial charge in [0.25, 0.3) is 0 Å². The van der Waals surface area contributed by atoms with Gasteiger partial charge in [-0.25, -0.2) is 9.50 Å². The number of hydrogen-bond acceptors (Lipinski definition) is 6. The summed E-state index contributed by atoms with van der Waals surface area (Å²) in [4.78, 5) is 13.9. The molecule has 2 aliphatic carbocycles. The third kappa shape index (κ3) is 3.56. The highest BCUT2D eigenvalue weighted by Crippen LogP contribution is 2.57. The highest BCUT2D eigenvalue weighted by molar-refractivity contribution is 7.19. The number of nitrogens with one attached hydrogen (secondary N) is 2. The van der Waals surface area contributed by atoms with Crippen molar-refractivity contribution in [2.75, 3.05) is 19.6 Å². The molecule has 0 radical (unpaired) electrons. The summed E-state index contributed by atoms with van der Waals surface area (Å²) < 4.78 is 1.91. The molecule has 37 heavy (non-hydrogen) atoms. The zero-order chi connectivity index (χ0) is 25.6. The number of piperazine rings is 1. The summed E-state index contributed by atoms with van der Waals surface area (Å²) in [5.74, 6) is 2.63. The Balaban J connectivity index is 1.25. The molecule has 8 heteroatoms. The molecule has 7 nitrogen and oxygen atoms in total. The number of H-pyrrole nitrogens is 1. The standard InChI is InChI=1S/C29H38N6OS/c1-14(2)24-25-17(5)27(20-9-19-8-18(20)10-22(19)34-7-6-30-23(36)12-34)37-29(25)33-26(24)21-11-35-28(31-13-32-35)16(4)15(21)3/h11,13-14,18-20,22-23,30,33,36H,6-10,12H2,1-5H3. The van der Waals surface area contributed by atoms with Crippen LogP contribution in [0, 0.1) is 32.6 Å². The molecule has 196 valence electrons. The van der Waals surface area contributed by atoms with E-state index >= 15 is 0 Å². The van der Waals surface area contributed by atoms with Crippen molar-refractivity contribution in [3.05, 3.63) is 39.7 Å². The quantitative estimate of drug-likeness (QED) is 0.351. The zero-order valence-corrected chi connectivity index (χ0v) is 23.3. The minimum atomic E-state index is -0.370. The number of β-amino-alcohol motifs (C(OH)–C–C–N with tert-alkyl or cyclic N) is 1. The molecule has 3 N–H and O–H groups in total. The Kier molecular flexibility index (Phi) is 5.56. The maximum Gasteiger partial charge on any atom is 0.158 e. The smallest absolute Gasteiger partial charge is 0.158 e. The monoisotopic (exact) mass is 518 g/mol. The van der Waals surface area contributed by atoms with Crippen molar-refractivity contribution in [3.63, 3.8) is 0 Å². The van der Waals surface area contributed by atoms with E-state index in [9.17, 15) is 5.11 Å². The van der Waals surface area contributed by atoms with Crippen LogP contribution in [0.25, 0.3) is 27.1 Å². The number of aromatic nitrogens is 4. The first-order valence-corrected chi connectivity index (χ1v) is 14.7. The molecule has 4 aromatic heterocycles. The van der Waals surface area contributed by atoms with Crippen LogP contribution in [0.1, 0.15) is 72.1 Å². The largest absolute Gasteiger partial charge is 0.377 e. The number of thiophene rings is 1. The Hall–Kier alpha value is -2.26. The molecule has 0 amide bonds. The van der Waals surface area contributed by atoms with Crippen molar-refractivity contribution in [1.29, 1.82) is 0 Å². The molecule has 0 spiro atoms. The lowest BCUT2D eigenvalue weighted by Gasteiger charge is -2.40. The van der Waals surface area contributed by atoms with Crippen LogP contribution >= 0.6 is 11.3 Å². The van der Waals surface area contributed by atoms with E-state index in [4.69, 9.17) is 0 Å². The number of fused-ring (bicyclic) bond motifs is 4. The van der Waals surface area contributed by atoms with Crippen molar-refractivity contribution < 1.29 is 5.11 Å². The topological polar surface area (TPSA) is 81.5 Å². The summed E-state index contributed by atoms with van der Waals surface area (Å²) in [6, 6.07) is 0.652. The molecule has 3 fully saturated rings. The van der Waals surface area contributed by atoms with E-state index in [1.54, 1.807) is 11.2 Å². The van der Waals surface area contributed by atoms with Crippen molar-refractivity contribution in [3.8, 4) is 11.3 Å². The van der Waals surface area contributed by atoms with Gasteiger partial charge in [0.2, 0.25) is 0 Å². The fourth-order valence-corrected chi connectivity index (χ4v) is 9.35. The van der Waals surface area contributed by atoms with E-state index in [1.807, 2.05) is 15.9 Å². The van der Waals surface area contributed by atoms with Gasteiger partial charge in [-0.1, -0.05) is 13.8 Å². The summed E-state index contributed by atoms with van der Waals surface area (Å²) in [7, 11) is 0. The molecular formula is C29H38N6OS. The fourth-order valence-electron chi connectivity index (χ4n) is 7.91. The lowest BCUT2D eigenvalue weighted by Crippen LogP contribution is -2.55. The van der Waals surface area contributed by atoms with Gasteiger partial charge in [-0.3, -0.25) is 10.2 Å². The van der Waals surface area contributed by atoms with E-state index in [0.29, 0.717) is 17.9 Å². The Morgan fingerprint density at radius 2 is 1.92 bits per heavy atom. The number of rotatable bonds is 4. The van der Waals surface area contributed by atoms with E-state index in [1.165, 1.54) is 63.0 Å². The fraction of sp³-hybridized carbons (Fsp3) is 0.586. The van der Waals surface area contributed by atoms with Crippen LogP contribution in [0.15, 0.2) is 12.5 Å². The SMILES string of the molecule is Cc1c(-c2[nH]c3sc(C4CC5CC4CC5N4CCNC(O)C4)c(C)c3c2C(C)C)cn2ncnc2c1C. The van der Waals surface area contributed by atoms with Gasteiger partial charge in [-0.15, -0.1) is 11.3 Å². The Labute approximate surface area is 222 Å². The molecule has 2 saturated carbocycles. The minimum absolute atomic E-state index is 0.370. The molecule has 2 bridgehead atoms. The number of hydrogen-bond donors (Lipinski definition) is 3. The van der Waals surface area contributed by atoms with Crippen molar-refractivity contribution in [2.45, 2.75) is 78.0 Å². The first-order chi connectivity index (χ1) is 17.8. The van der Waals surface area contributed by atoms with E-state index < -0.39 is 0 Å². The summed E-state index contributed by atoms with van der Waals surface area (Å²) in [6.45, 7) is 14.1. The highest BCUT2D eigenvalue weighted by atomic mass is 32.1. The van der Waals surface area contributed by atoms with Crippen LogP contribution in [-0.2, 0) is 0 Å². The summed E-state index contributed by atoms with van der Waals surface area (Å²) in [5, 5.41) is 19.2. The van der Waals surface area contributed by atoms with Gasteiger partial charge < -0.3 is 10.1 Å². The van der Waals surface area contributed by atoms with Crippen LogP contribution in [0.3, 0.4) is 0 Å². The van der Waals surface area contributed by atoms with Crippen LogP contribution in [0.2, 0.25) is 0 Å². The zero-order valence-electron chi connectivity index (χ0n) is 22.5. The van der Waals surface area contributed by atoms with Gasteiger partial charge in [-0.2, -0.15) is 5.10 Å². The number of nitrogens with zero attached hydrogens (tertiary/aromatic N) is 4. The van der Waals surface area contributed by atoms with Crippen LogP contribution in [0.4, 0.5) is 0 Å². The predicted octanol–water partition coefficient (Wildman–Crippen LogP) is 5.09. The van der Waals surface area contributed by atoms with Gasteiger partial charge in [0.05, 0.1) is 5.69 Å². The second-order valence-electron chi connectivity index (χ2n) is 12.1. The summed E-state index contributed by atoms with van der Waals surface area (Å²) >= 11 is 2.01. The van der Waals surface area contributed by atoms with E-state index in [2.05, 4.69) is 66.1 Å². The number of pyridine rings is 1. The molecule has 5 atom stereocenters. The molecule has 3 aliphatic rings.